The third kappa shape index (κ3) is 6.69. The van der Waals surface area contributed by atoms with Gasteiger partial charge in [0, 0.05) is 37.0 Å². The molecule has 3 heterocycles. The second kappa shape index (κ2) is 11.6. The molecule has 3 aromatic rings. The average molecular weight is 517 g/mol. The van der Waals surface area contributed by atoms with E-state index in [1.807, 2.05) is 24.3 Å². The largest absolute Gasteiger partial charge is 0.481 e. The molecule has 1 aromatic carbocycles. The fourth-order valence-electron chi connectivity index (χ4n) is 4.22. The average Bonchev–Trinajstić information content (AvgIpc) is 2.85. The highest BCUT2D eigenvalue weighted by molar-refractivity contribution is 8.00. The number of aryl methyl sites for hydroxylation is 1. The number of hydrogen-bond donors (Lipinski definition) is 2. The zero-order valence-corrected chi connectivity index (χ0v) is 20.4. The van der Waals surface area contributed by atoms with Gasteiger partial charge in [0.2, 0.25) is 0 Å². The monoisotopic (exact) mass is 516 g/mol. The summed E-state index contributed by atoms with van der Waals surface area (Å²) in [7, 11) is 0. The number of fused-ring (bicyclic) bond motifs is 6. The number of nitrogens with zero attached hydrogens (tertiary/aromatic N) is 3. The van der Waals surface area contributed by atoms with Crippen LogP contribution in [0, 0.1) is 0 Å². The lowest BCUT2D eigenvalue weighted by molar-refractivity contribution is -0.138. The molecule has 0 amide bonds. The summed E-state index contributed by atoms with van der Waals surface area (Å²) in [6.07, 6.45) is -0.754. The number of aliphatic carboxylic acids is 1. The van der Waals surface area contributed by atoms with Gasteiger partial charge in [0.25, 0.3) is 0 Å². The Morgan fingerprint density at radius 1 is 1.03 bits per heavy atom. The number of carboxylic acids is 1. The number of benzene rings is 1. The van der Waals surface area contributed by atoms with E-state index in [4.69, 9.17) is 5.11 Å². The van der Waals surface area contributed by atoms with E-state index in [0.717, 1.165) is 36.7 Å². The fraction of sp³-hybridized carbons (Fsp3) is 0.346. The number of halogens is 3. The second-order valence-electron chi connectivity index (χ2n) is 8.58. The van der Waals surface area contributed by atoms with E-state index in [-0.39, 0.29) is 12.1 Å². The maximum atomic E-state index is 13.9. The molecule has 4 bridgehead atoms. The van der Waals surface area contributed by atoms with Gasteiger partial charge in [0.1, 0.15) is 16.7 Å². The summed E-state index contributed by atoms with van der Waals surface area (Å²) in [5.74, 6) is 0.217. The summed E-state index contributed by atoms with van der Waals surface area (Å²) < 4.78 is 44.6. The quantitative estimate of drug-likeness (QED) is 0.375. The van der Waals surface area contributed by atoms with Crippen molar-refractivity contribution < 1.29 is 23.1 Å². The van der Waals surface area contributed by atoms with Crippen LogP contribution >= 0.6 is 11.9 Å². The molecule has 190 valence electrons. The summed E-state index contributed by atoms with van der Waals surface area (Å²) in [5, 5.41) is 9.66. The number of carbonyl (C=O) groups is 1. The van der Waals surface area contributed by atoms with Gasteiger partial charge in [-0.2, -0.15) is 13.2 Å². The SMILES string of the molecule is O=C(O)CCCN1CCCCCc2ccccc2-c2nc(ccc2C(F)(F)F)NSc2cccc1n2. The zero-order chi connectivity index (χ0) is 25.5. The van der Waals surface area contributed by atoms with Crippen LogP contribution in [0.15, 0.2) is 59.6 Å². The molecule has 2 N–H and O–H groups in total. The predicted octanol–water partition coefficient (Wildman–Crippen LogP) is 6.68. The van der Waals surface area contributed by atoms with Crippen molar-refractivity contribution >= 4 is 29.6 Å². The van der Waals surface area contributed by atoms with Crippen molar-refractivity contribution in [2.24, 2.45) is 0 Å². The number of pyridine rings is 2. The molecule has 10 heteroatoms. The van der Waals surface area contributed by atoms with Crippen molar-refractivity contribution in [2.75, 3.05) is 22.7 Å². The van der Waals surface area contributed by atoms with Gasteiger partial charge >= 0.3 is 12.1 Å². The van der Waals surface area contributed by atoms with Crippen LogP contribution in [-0.4, -0.2) is 34.1 Å². The van der Waals surface area contributed by atoms with Gasteiger partial charge in [-0.3, -0.25) is 4.79 Å². The first-order valence-electron chi connectivity index (χ1n) is 11.8. The Balaban J connectivity index is 1.68. The van der Waals surface area contributed by atoms with E-state index in [0.29, 0.717) is 42.3 Å². The van der Waals surface area contributed by atoms with Crippen molar-refractivity contribution in [2.45, 2.75) is 49.7 Å². The molecule has 1 aliphatic heterocycles. The Labute approximate surface area is 212 Å². The van der Waals surface area contributed by atoms with Crippen molar-refractivity contribution in [3.8, 4) is 11.3 Å². The number of carboxylic acid groups (broad SMARTS) is 1. The Morgan fingerprint density at radius 2 is 1.86 bits per heavy atom. The first kappa shape index (κ1) is 25.8. The van der Waals surface area contributed by atoms with Gasteiger partial charge in [0.15, 0.2) is 0 Å². The van der Waals surface area contributed by atoms with E-state index in [1.165, 1.54) is 18.0 Å². The van der Waals surface area contributed by atoms with Gasteiger partial charge < -0.3 is 14.7 Å². The maximum absolute atomic E-state index is 13.9. The number of hydrogen-bond acceptors (Lipinski definition) is 6. The minimum absolute atomic E-state index is 0.0814. The van der Waals surface area contributed by atoms with Crippen LogP contribution in [0.25, 0.3) is 11.3 Å². The van der Waals surface area contributed by atoms with Crippen LogP contribution in [-0.2, 0) is 17.4 Å². The normalized spacial score (nSPS) is 14.6. The van der Waals surface area contributed by atoms with Crippen LogP contribution in [0.1, 0.15) is 43.2 Å². The molecule has 0 saturated carbocycles. The molecule has 0 atom stereocenters. The van der Waals surface area contributed by atoms with E-state index in [1.54, 1.807) is 18.2 Å². The zero-order valence-electron chi connectivity index (χ0n) is 19.6. The third-order valence-electron chi connectivity index (χ3n) is 5.96. The molecule has 0 aliphatic carbocycles. The lowest BCUT2D eigenvalue weighted by atomic mass is 9.96. The Hall–Kier alpha value is -3.27. The molecule has 0 radical (unpaired) electrons. The lowest BCUT2D eigenvalue weighted by Gasteiger charge is -2.24. The van der Waals surface area contributed by atoms with E-state index in [2.05, 4.69) is 19.6 Å². The molecule has 0 saturated heterocycles. The third-order valence-corrected chi connectivity index (χ3v) is 6.71. The lowest BCUT2D eigenvalue weighted by Crippen LogP contribution is -2.27. The summed E-state index contributed by atoms with van der Waals surface area (Å²) in [4.78, 5) is 22.2. The van der Waals surface area contributed by atoms with Crippen LogP contribution < -0.4 is 9.62 Å². The van der Waals surface area contributed by atoms with E-state index >= 15 is 0 Å². The highest BCUT2D eigenvalue weighted by atomic mass is 32.2. The molecule has 2 aromatic heterocycles. The van der Waals surface area contributed by atoms with Gasteiger partial charge in [-0.15, -0.1) is 0 Å². The van der Waals surface area contributed by atoms with Crippen molar-refractivity contribution in [1.82, 2.24) is 9.97 Å². The highest BCUT2D eigenvalue weighted by Gasteiger charge is 2.35. The van der Waals surface area contributed by atoms with Gasteiger partial charge in [0.05, 0.1) is 11.3 Å². The van der Waals surface area contributed by atoms with Crippen LogP contribution in [0.5, 0.6) is 0 Å². The fourth-order valence-corrected chi connectivity index (χ4v) is 4.83. The standard InChI is InChI=1S/C26H27F3N4O2S/c27-26(28,29)20-14-15-21-30-25(20)19-10-4-3-9-18(19)8-2-1-5-16-33(17-7-13-24(34)35)22-11-6-12-23(31-22)36-32-21/h3-4,6,9-12,14-15H,1-2,5,7-8,13,16-17H2,(H,30,32)(H,34,35). The molecular formula is C26H27F3N4O2S. The van der Waals surface area contributed by atoms with E-state index < -0.39 is 17.7 Å². The second-order valence-corrected chi connectivity index (χ2v) is 9.41. The number of alkyl halides is 3. The number of nitrogens with one attached hydrogen (secondary N) is 1. The molecule has 6 nitrogen and oxygen atoms in total. The minimum Gasteiger partial charge on any atom is -0.481 e. The molecular weight excluding hydrogens is 489 g/mol. The summed E-state index contributed by atoms with van der Waals surface area (Å²) in [6, 6.07) is 15.1. The first-order chi connectivity index (χ1) is 17.3. The molecule has 0 fully saturated rings. The van der Waals surface area contributed by atoms with Crippen molar-refractivity contribution in [1.29, 1.82) is 0 Å². The Bertz CT molecular complexity index is 1210. The smallest absolute Gasteiger partial charge is 0.418 e. The number of aromatic nitrogens is 2. The van der Waals surface area contributed by atoms with Crippen molar-refractivity contribution in [3.63, 3.8) is 0 Å². The maximum Gasteiger partial charge on any atom is 0.418 e. The summed E-state index contributed by atoms with van der Waals surface area (Å²) >= 11 is 1.17. The molecule has 4 rings (SSSR count). The summed E-state index contributed by atoms with van der Waals surface area (Å²) in [6.45, 7) is 1.29. The van der Waals surface area contributed by atoms with Crippen LogP contribution in [0.3, 0.4) is 0 Å². The Kier molecular flexibility index (Phi) is 8.35. The predicted molar refractivity (Wildman–Crippen MR) is 135 cm³/mol. The van der Waals surface area contributed by atoms with Gasteiger partial charge in [-0.1, -0.05) is 36.8 Å². The number of rotatable bonds is 4. The molecule has 0 spiro atoms. The minimum atomic E-state index is -4.53. The topological polar surface area (TPSA) is 78.3 Å². The molecule has 0 unspecified atom stereocenters. The van der Waals surface area contributed by atoms with Crippen LogP contribution in [0.2, 0.25) is 0 Å². The van der Waals surface area contributed by atoms with Gasteiger partial charge in [-0.25, -0.2) is 9.97 Å². The Morgan fingerprint density at radius 3 is 2.67 bits per heavy atom. The molecule has 36 heavy (non-hydrogen) atoms. The highest BCUT2D eigenvalue weighted by Crippen LogP contribution is 2.38. The van der Waals surface area contributed by atoms with E-state index in [9.17, 15) is 18.0 Å². The first-order valence-corrected chi connectivity index (χ1v) is 12.7. The number of anilines is 2. The van der Waals surface area contributed by atoms with Gasteiger partial charge in [-0.05, 0) is 55.5 Å². The summed E-state index contributed by atoms with van der Waals surface area (Å²) in [5.41, 5.74) is 0.476. The molecule has 1 aliphatic rings. The van der Waals surface area contributed by atoms with Crippen LogP contribution in [0.4, 0.5) is 24.8 Å². The van der Waals surface area contributed by atoms with Crippen molar-refractivity contribution in [3.05, 3.63) is 65.7 Å².